The first kappa shape index (κ1) is 14.0. The summed E-state index contributed by atoms with van der Waals surface area (Å²) in [7, 11) is 0. The Bertz CT molecular complexity index is 383. The summed E-state index contributed by atoms with van der Waals surface area (Å²) in [5.74, 6) is 0.516. The van der Waals surface area contributed by atoms with Crippen LogP contribution in [0.25, 0.3) is 0 Å². The lowest BCUT2D eigenvalue weighted by Gasteiger charge is -2.11. The molecular formula is C12H17BrN2O2. The van der Waals surface area contributed by atoms with Crippen LogP contribution in [0.5, 0.6) is 5.75 Å². The molecule has 94 valence electrons. The summed E-state index contributed by atoms with van der Waals surface area (Å²) in [6.07, 6.45) is 1.95. The first-order valence-corrected chi connectivity index (χ1v) is 6.33. The van der Waals surface area contributed by atoms with E-state index in [1.165, 1.54) is 0 Å². The third-order valence-electron chi connectivity index (χ3n) is 2.33. The number of ether oxygens (including phenoxy) is 1. The normalized spacial score (nSPS) is 10.2. The number of halogens is 1. The monoisotopic (exact) mass is 300 g/mol. The molecule has 17 heavy (non-hydrogen) atoms. The molecule has 0 aliphatic heterocycles. The highest BCUT2D eigenvalue weighted by Gasteiger charge is 2.06. The second-order valence-corrected chi connectivity index (χ2v) is 4.56. The molecule has 0 saturated heterocycles. The van der Waals surface area contributed by atoms with Crippen molar-refractivity contribution < 1.29 is 9.53 Å². The minimum atomic E-state index is -0.270. The van der Waals surface area contributed by atoms with Gasteiger partial charge in [0.2, 0.25) is 5.91 Å². The summed E-state index contributed by atoms with van der Waals surface area (Å²) < 4.78 is 6.56. The predicted molar refractivity (Wildman–Crippen MR) is 70.6 cm³/mol. The van der Waals surface area contributed by atoms with E-state index >= 15 is 0 Å². The van der Waals surface area contributed by atoms with Gasteiger partial charge in [0.15, 0.2) is 0 Å². The second-order valence-electron chi connectivity index (χ2n) is 3.70. The number of carbonyl (C=O) groups is 1. The molecule has 1 rings (SSSR count). The molecule has 1 amide bonds. The molecule has 0 spiro atoms. The van der Waals surface area contributed by atoms with Crippen molar-refractivity contribution in [1.29, 1.82) is 0 Å². The van der Waals surface area contributed by atoms with Gasteiger partial charge in [-0.25, -0.2) is 0 Å². The van der Waals surface area contributed by atoms with Gasteiger partial charge in [0.1, 0.15) is 5.75 Å². The Kier molecular flexibility index (Phi) is 6.00. The average Bonchev–Trinajstić information content (AvgIpc) is 2.30. The molecule has 0 bridgehead atoms. The van der Waals surface area contributed by atoms with E-state index in [0.29, 0.717) is 19.6 Å². The number of unbranched alkanes of at least 4 members (excludes halogenated alkanes) is 1. The van der Waals surface area contributed by atoms with E-state index in [1.807, 2.05) is 18.2 Å². The highest BCUT2D eigenvalue weighted by molar-refractivity contribution is 9.10. The number of rotatable bonds is 7. The summed E-state index contributed by atoms with van der Waals surface area (Å²) in [6, 6.07) is 5.77. The van der Waals surface area contributed by atoms with Gasteiger partial charge >= 0.3 is 0 Å². The molecule has 1 aromatic carbocycles. The van der Waals surface area contributed by atoms with Crippen molar-refractivity contribution in [3.8, 4) is 5.75 Å². The van der Waals surface area contributed by atoms with Gasteiger partial charge in [-0.2, -0.15) is 0 Å². The topological polar surface area (TPSA) is 78.3 Å². The van der Waals surface area contributed by atoms with Crippen molar-refractivity contribution in [2.24, 2.45) is 11.5 Å². The number of amides is 1. The number of hydrogen-bond acceptors (Lipinski definition) is 3. The maximum absolute atomic E-state index is 10.5. The highest BCUT2D eigenvalue weighted by atomic mass is 79.9. The lowest BCUT2D eigenvalue weighted by molar-refractivity contribution is -0.118. The minimum absolute atomic E-state index is 0.270. The molecule has 0 fully saturated rings. The molecule has 0 radical (unpaired) electrons. The number of nitrogens with two attached hydrogens (primary N) is 2. The smallest absolute Gasteiger partial charge is 0.217 e. The summed E-state index contributed by atoms with van der Waals surface area (Å²) >= 11 is 3.43. The lowest BCUT2D eigenvalue weighted by Crippen LogP contribution is -2.10. The van der Waals surface area contributed by atoms with Crippen molar-refractivity contribution in [1.82, 2.24) is 0 Å². The van der Waals surface area contributed by atoms with Crippen molar-refractivity contribution in [2.45, 2.75) is 25.8 Å². The third-order valence-corrected chi connectivity index (χ3v) is 2.96. The van der Waals surface area contributed by atoms with Gasteiger partial charge in [0.05, 0.1) is 11.1 Å². The molecule has 1 aromatic rings. The molecule has 0 aliphatic rings. The van der Waals surface area contributed by atoms with E-state index in [4.69, 9.17) is 16.2 Å². The first-order chi connectivity index (χ1) is 8.15. The van der Waals surface area contributed by atoms with Crippen molar-refractivity contribution >= 4 is 21.8 Å². The zero-order chi connectivity index (χ0) is 12.7. The van der Waals surface area contributed by atoms with Gasteiger partial charge in [-0.15, -0.1) is 0 Å². The van der Waals surface area contributed by atoms with Crippen molar-refractivity contribution in [2.75, 3.05) is 6.61 Å². The first-order valence-electron chi connectivity index (χ1n) is 5.53. The summed E-state index contributed by atoms with van der Waals surface area (Å²) in [5.41, 5.74) is 11.6. The fourth-order valence-corrected chi connectivity index (χ4v) is 1.97. The van der Waals surface area contributed by atoms with E-state index in [1.54, 1.807) is 0 Å². The standard InChI is InChI=1S/C12H17BrN2O2/c13-10-5-3-4-9(8-14)12(10)17-7-2-1-6-11(15)16/h3-5H,1-2,6-8,14H2,(H2,15,16). The van der Waals surface area contributed by atoms with Gasteiger partial charge in [-0.1, -0.05) is 12.1 Å². The van der Waals surface area contributed by atoms with E-state index in [9.17, 15) is 4.79 Å². The predicted octanol–water partition coefficient (Wildman–Crippen LogP) is 1.94. The van der Waals surface area contributed by atoms with Crippen molar-refractivity contribution in [3.05, 3.63) is 28.2 Å². The summed E-state index contributed by atoms with van der Waals surface area (Å²) in [4.78, 5) is 10.5. The van der Waals surface area contributed by atoms with Gasteiger partial charge in [-0.05, 0) is 34.8 Å². The molecule has 4 nitrogen and oxygen atoms in total. The van der Waals surface area contributed by atoms with Gasteiger partial charge in [0.25, 0.3) is 0 Å². The molecular weight excluding hydrogens is 284 g/mol. The largest absolute Gasteiger partial charge is 0.492 e. The van der Waals surface area contributed by atoms with Crippen LogP contribution in [0.15, 0.2) is 22.7 Å². The Balaban J connectivity index is 2.43. The lowest BCUT2D eigenvalue weighted by atomic mass is 10.2. The quantitative estimate of drug-likeness (QED) is 0.755. The van der Waals surface area contributed by atoms with E-state index in [2.05, 4.69) is 15.9 Å². The molecule has 0 saturated carbocycles. The Morgan fingerprint density at radius 1 is 1.35 bits per heavy atom. The van der Waals surface area contributed by atoms with Gasteiger partial charge < -0.3 is 16.2 Å². The molecule has 0 atom stereocenters. The average molecular weight is 301 g/mol. The molecule has 4 N–H and O–H groups in total. The van der Waals surface area contributed by atoms with E-state index < -0.39 is 0 Å². The van der Waals surface area contributed by atoms with Crippen LogP contribution in [0, 0.1) is 0 Å². The van der Waals surface area contributed by atoms with Crippen LogP contribution in [-0.2, 0) is 11.3 Å². The maximum Gasteiger partial charge on any atom is 0.217 e. The third kappa shape index (κ3) is 4.75. The van der Waals surface area contributed by atoms with Crippen LogP contribution >= 0.6 is 15.9 Å². The van der Waals surface area contributed by atoms with E-state index in [0.717, 1.165) is 28.6 Å². The molecule has 5 heteroatoms. The Morgan fingerprint density at radius 2 is 2.12 bits per heavy atom. The van der Waals surface area contributed by atoms with Crippen LogP contribution in [0.1, 0.15) is 24.8 Å². The van der Waals surface area contributed by atoms with Crippen LogP contribution in [0.4, 0.5) is 0 Å². The number of hydrogen-bond donors (Lipinski definition) is 2. The van der Waals surface area contributed by atoms with Crippen molar-refractivity contribution in [3.63, 3.8) is 0 Å². The van der Waals surface area contributed by atoms with Gasteiger partial charge in [-0.3, -0.25) is 4.79 Å². The molecule has 0 unspecified atom stereocenters. The summed E-state index contributed by atoms with van der Waals surface area (Å²) in [6.45, 7) is 0.999. The number of primary amides is 1. The second kappa shape index (κ2) is 7.29. The SMILES string of the molecule is NCc1cccc(Br)c1OCCCCC(N)=O. The van der Waals surface area contributed by atoms with Crippen LogP contribution in [0.3, 0.4) is 0 Å². The number of carbonyl (C=O) groups excluding carboxylic acids is 1. The fraction of sp³-hybridized carbons (Fsp3) is 0.417. The minimum Gasteiger partial charge on any atom is -0.492 e. The van der Waals surface area contributed by atoms with E-state index in [-0.39, 0.29) is 5.91 Å². The van der Waals surface area contributed by atoms with Crippen LogP contribution in [-0.4, -0.2) is 12.5 Å². The zero-order valence-electron chi connectivity index (χ0n) is 9.62. The number of benzene rings is 1. The zero-order valence-corrected chi connectivity index (χ0v) is 11.2. The molecule has 0 heterocycles. The Hall–Kier alpha value is -1.07. The van der Waals surface area contributed by atoms with Gasteiger partial charge in [0, 0.05) is 18.5 Å². The Morgan fingerprint density at radius 3 is 2.76 bits per heavy atom. The summed E-state index contributed by atoms with van der Waals surface area (Å²) in [5, 5.41) is 0. The molecule has 0 aromatic heterocycles. The van der Waals surface area contributed by atoms with Crippen LogP contribution < -0.4 is 16.2 Å². The van der Waals surface area contributed by atoms with Crippen LogP contribution in [0.2, 0.25) is 0 Å². The number of para-hydroxylation sites is 1. The highest BCUT2D eigenvalue weighted by Crippen LogP contribution is 2.28. The Labute approximate surface area is 109 Å². The maximum atomic E-state index is 10.5. The fourth-order valence-electron chi connectivity index (χ4n) is 1.45. The molecule has 0 aliphatic carbocycles.